The second kappa shape index (κ2) is 4.56. The maximum absolute atomic E-state index is 13.1. The molecular formula is C21H14O3. The zero-order valence-electron chi connectivity index (χ0n) is 13.1. The van der Waals surface area contributed by atoms with Crippen LogP contribution in [0, 0.1) is 0 Å². The Bertz CT molecular complexity index is 1050. The number of hydrogen-bond donors (Lipinski definition) is 0. The molecule has 0 bridgehead atoms. The van der Waals surface area contributed by atoms with Crippen molar-refractivity contribution in [2.24, 2.45) is 0 Å². The first-order valence-corrected chi connectivity index (χ1v) is 7.87. The van der Waals surface area contributed by atoms with E-state index in [2.05, 4.69) is 0 Å². The van der Waals surface area contributed by atoms with E-state index in [1.807, 2.05) is 60.7 Å². The Labute approximate surface area is 139 Å². The number of ketones is 1. The van der Waals surface area contributed by atoms with Gasteiger partial charge in [-0.1, -0.05) is 48.5 Å². The third-order valence-electron chi connectivity index (χ3n) is 4.94. The van der Waals surface area contributed by atoms with Crippen LogP contribution in [0.4, 0.5) is 0 Å². The summed E-state index contributed by atoms with van der Waals surface area (Å²) < 4.78 is 12.1. The summed E-state index contributed by atoms with van der Waals surface area (Å²) in [5.74, 6) is 1.27. The second-order valence-electron chi connectivity index (χ2n) is 6.07. The number of carbonyl (C=O) groups excluding carboxylic acids is 1. The zero-order chi connectivity index (χ0) is 16.3. The van der Waals surface area contributed by atoms with Crippen molar-refractivity contribution in [3.8, 4) is 11.5 Å². The van der Waals surface area contributed by atoms with Gasteiger partial charge in [0.2, 0.25) is 0 Å². The molecule has 0 saturated heterocycles. The highest BCUT2D eigenvalue weighted by molar-refractivity contribution is 6.10. The molecule has 0 radical (unpaired) electrons. The first kappa shape index (κ1) is 13.5. The van der Waals surface area contributed by atoms with E-state index in [0.717, 1.165) is 27.5 Å². The van der Waals surface area contributed by atoms with Gasteiger partial charge in [0.15, 0.2) is 11.4 Å². The third kappa shape index (κ3) is 1.47. The van der Waals surface area contributed by atoms with Crippen molar-refractivity contribution in [1.29, 1.82) is 0 Å². The van der Waals surface area contributed by atoms with Crippen molar-refractivity contribution in [3.63, 3.8) is 0 Å². The Balaban J connectivity index is 1.99. The Kier molecular flexibility index (Phi) is 2.57. The number of methoxy groups -OCH3 is 1. The van der Waals surface area contributed by atoms with Crippen molar-refractivity contribution >= 4 is 22.6 Å². The Morgan fingerprint density at radius 3 is 2.58 bits per heavy atom. The molecule has 1 atom stereocenters. The van der Waals surface area contributed by atoms with Crippen LogP contribution < -0.4 is 4.74 Å². The SMILES string of the molecule is COC12C(=O)C=Cc3cccc(c31)Oc1ccc3ccccc3c12. The quantitative estimate of drug-likeness (QED) is 0.666. The van der Waals surface area contributed by atoms with Crippen molar-refractivity contribution in [3.05, 3.63) is 77.4 Å². The fraction of sp³-hybridized carbons (Fsp3) is 0.0952. The van der Waals surface area contributed by atoms with Crippen LogP contribution in [0.1, 0.15) is 16.7 Å². The summed E-state index contributed by atoms with van der Waals surface area (Å²) in [5, 5.41) is 2.03. The lowest BCUT2D eigenvalue weighted by atomic mass is 9.73. The highest BCUT2D eigenvalue weighted by Crippen LogP contribution is 2.54. The largest absolute Gasteiger partial charge is 0.456 e. The number of carbonyl (C=O) groups is 1. The topological polar surface area (TPSA) is 35.5 Å². The van der Waals surface area contributed by atoms with Gasteiger partial charge in [-0.25, -0.2) is 0 Å². The van der Waals surface area contributed by atoms with E-state index in [9.17, 15) is 4.79 Å². The average molecular weight is 314 g/mol. The van der Waals surface area contributed by atoms with Gasteiger partial charge >= 0.3 is 0 Å². The van der Waals surface area contributed by atoms with E-state index >= 15 is 0 Å². The zero-order valence-corrected chi connectivity index (χ0v) is 13.1. The summed E-state index contributed by atoms with van der Waals surface area (Å²) in [6, 6.07) is 17.7. The van der Waals surface area contributed by atoms with Crippen LogP contribution in [-0.4, -0.2) is 12.9 Å². The molecule has 0 saturated carbocycles. The predicted octanol–water partition coefficient (Wildman–Crippen LogP) is 4.43. The number of rotatable bonds is 1. The van der Waals surface area contributed by atoms with Crippen LogP contribution in [0.5, 0.6) is 11.5 Å². The minimum absolute atomic E-state index is 0.0779. The van der Waals surface area contributed by atoms with Gasteiger partial charge in [-0.15, -0.1) is 0 Å². The second-order valence-corrected chi connectivity index (χ2v) is 6.07. The molecule has 2 aliphatic rings. The van der Waals surface area contributed by atoms with Gasteiger partial charge in [0.25, 0.3) is 0 Å². The van der Waals surface area contributed by atoms with Crippen LogP contribution >= 0.6 is 0 Å². The van der Waals surface area contributed by atoms with Gasteiger partial charge in [0, 0.05) is 18.2 Å². The number of benzene rings is 3. The van der Waals surface area contributed by atoms with Crippen molar-refractivity contribution in [2.45, 2.75) is 5.60 Å². The van der Waals surface area contributed by atoms with E-state index < -0.39 is 5.60 Å². The van der Waals surface area contributed by atoms with E-state index in [0.29, 0.717) is 11.5 Å². The summed E-state index contributed by atoms with van der Waals surface area (Å²) in [7, 11) is 1.59. The smallest absolute Gasteiger partial charge is 0.197 e. The molecule has 0 amide bonds. The molecule has 0 fully saturated rings. The van der Waals surface area contributed by atoms with E-state index in [1.165, 1.54) is 0 Å². The predicted molar refractivity (Wildman–Crippen MR) is 92.3 cm³/mol. The lowest BCUT2D eigenvalue weighted by molar-refractivity contribution is -0.132. The first-order valence-electron chi connectivity index (χ1n) is 7.87. The molecule has 3 heteroatoms. The van der Waals surface area contributed by atoms with Gasteiger partial charge in [-0.3, -0.25) is 4.79 Å². The summed E-state index contributed by atoms with van der Waals surface area (Å²) in [6.45, 7) is 0. The van der Waals surface area contributed by atoms with Gasteiger partial charge in [0.05, 0.1) is 0 Å². The Morgan fingerprint density at radius 1 is 0.875 bits per heavy atom. The fourth-order valence-electron chi connectivity index (χ4n) is 3.93. The molecule has 24 heavy (non-hydrogen) atoms. The normalized spacial score (nSPS) is 20.5. The molecule has 1 heterocycles. The molecule has 1 unspecified atom stereocenters. The van der Waals surface area contributed by atoms with Crippen molar-refractivity contribution < 1.29 is 14.3 Å². The summed E-state index contributed by atoms with van der Waals surface area (Å²) in [5.41, 5.74) is 1.38. The molecule has 116 valence electrons. The number of fused-ring (bicyclic) bond motifs is 4. The fourth-order valence-corrected chi connectivity index (χ4v) is 3.93. The van der Waals surface area contributed by atoms with Crippen LogP contribution in [0.15, 0.2) is 60.7 Å². The summed E-state index contributed by atoms with van der Waals surface area (Å²) >= 11 is 0. The van der Waals surface area contributed by atoms with E-state index in [4.69, 9.17) is 9.47 Å². The molecule has 3 nitrogen and oxygen atoms in total. The molecule has 3 aromatic carbocycles. The minimum atomic E-state index is -1.16. The Hall–Kier alpha value is -2.91. The van der Waals surface area contributed by atoms with Gasteiger partial charge in [0.1, 0.15) is 11.5 Å². The molecule has 1 aliphatic heterocycles. The standard InChI is InChI=1S/C21H14O3/c1-23-21-18(22)12-10-14-6-4-8-16(19(14)21)24-17-11-9-13-5-2-3-7-15(13)20(17)21/h2-12H,1H3. The number of ether oxygens (including phenoxy) is 2. The average Bonchev–Trinajstić information content (AvgIpc) is 2.63. The van der Waals surface area contributed by atoms with E-state index in [1.54, 1.807) is 13.2 Å². The van der Waals surface area contributed by atoms with Crippen molar-refractivity contribution in [1.82, 2.24) is 0 Å². The maximum atomic E-state index is 13.1. The molecule has 0 N–H and O–H groups in total. The Morgan fingerprint density at radius 2 is 1.71 bits per heavy atom. The lowest BCUT2D eigenvalue weighted by Gasteiger charge is -2.40. The van der Waals surface area contributed by atoms with Gasteiger partial charge < -0.3 is 9.47 Å². The molecule has 1 aliphatic carbocycles. The molecule has 3 aromatic rings. The lowest BCUT2D eigenvalue weighted by Crippen LogP contribution is -2.42. The van der Waals surface area contributed by atoms with Gasteiger partial charge in [-0.05, 0) is 34.5 Å². The molecule has 0 aromatic heterocycles. The monoisotopic (exact) mass is 314 g/mol. The minimum Gasteiger partial charge on any atom is -0.456 e. The molecule has 0 spiro atoms. The van der Waals surface area contributed by atoms with Crippen molar-refractivity contribution in [2.75, 3.05) is 7.11 Å². The first-order chi connectivity index (χ1) is 11.8. The molecular weight excluding hydrogens is 300 g/mol. The van der Waals surface area contributed by atoms with Gasteiger partial charge in [-0.2, -0.15) is 0 Å². The highest BCUT2D eigenvalue weighted by atomic mass is 16.5. The van der Waals surface area contributed by atoms with Crippen LogP contribution in [0.3, 0.4) is 0 Å². The summed E-state index contributed by atoms with van der Waals surface area (Å²) in [4.78, 5) is 13.1. The van der Waals surface area contributed by atoms with E-state index in [-0.39, 0.29) is 5.78 Å². The summed E-state index contributed by atoms with van der Waals surface area (Å²) in [6.07, 6.45) is 3.43. The van der Waals surface area contributed by atoms with Crippen LogP contribution in [-0.2, 0) is 15.1 Å². The number of hydrogen-bond acceptors (Lipinski definition) is 3. The highest BCUT2D eigenvalue weighted by Gasteiger charge is 2.51. The maximum Gasteiger partial charge on any atom is 0.197 e. The third-order valence-corrected chi connectivity index (χ3v) is 4.94. The van der Waals surface area contributed by atoms with Crippen LogP contribution in [0.25, 0.3) is 16.8 Å². The molecule has 5 rings (SSSR count). The van der Waals surface area contributed by atoms with Crippen LogP contribution in [0.2, 0.25) is 0 Å².